The molecule has 0 saturated heterocycles. The Morgan fingerprint density at radius 3 is 2.70 bits per heavy atom. The van der Waals surface area contributed by atoms with Crippen molar-refractivity contribution >= 4 is 22.8 Å². The highest BCUT2D eigenvalue weighted by Gasteiger charge is 2.19. The van der Waals surface area contributed by atoms with E-state index in [2.05, 4.69) is 41.6 Å². The van der Waals surface area contributed by atoms with Crippen LogP contribution in [-0.2, 0) is 6.54 Å². The number of thiophene rings is 1. The van der Waals surface area contributed by atoms with E-state index < -0.39 is 0 Å². The second-order valence-corrected chi connectivity index (χ2v) is 7.38. The predicted octanol–water partition coefficient (Wildman–Crippen LogP) is 5.41. The van der Waals surface area contributed by atoms with Gasteiger partial charge in [-0.15, -0.1) is 17.8 Å². The first-order chi connectivity index (χ1) is 13.1. The maximum atomic E-state index is 13.2. The molecule has 0 aliphatic rings. The largest absolute Gasteiger partial charge is 0.365 e. The summed E-state index contributed by atoms with van der Waals surface area (Å²) in [5.41, 5.74) is 5.79. The lowest BCUT2D eigenvalue weighted by Crippen LogP contribution is -2.05. The molecule has 0 atom stereocenters. The third-order valence-corrected chi connectivity index (χ3v) is 5.38. The fourth-order valence-corrected chi connectivity index (χ4v) is 4.09. The van der Waals surface area contributed by atoms with Crippen LogP contribution in [0.15, 0.2) is 47.8 Å². The molecule has 134 valence electrons. The number of pyridine rings is 1. The van der Waals surface area contributed by atoms with Gasteiger partial charge in [0.2, 0.25) is 0 Å². The number of rotatable bonds is 4. The lowest BCUT2D eigenvalue weighted by atomic mass is 10.2. The number of hydrogen-bond donors (Lipinski definition) is 1. The molecular formula is C22H18FN3S. The first kappa shape index (κ1) is 17.3. The molecule has 4 aromatic rings. The van der Waals surface area contributed by atoms with Gasteiger partial charge in [-0.05, 0) is 60.7 Å². The number of anilines is 1. The van der Waals surface area contributed by atoms with E-state index in [-0.39, 0.29) is 5.82 Å². The van der Waals surface area contributed by atoms with E-state index in [0.29, 0.717) is 6.54 Å². The van der Waals surface area contributed by atoms with Crippen LogP contribution >= 0.6 is 11.3 Å². The van der Waals surface area contributed by atoms with E-state index >= 15 is 0 Å². The third-order valence-electron chi connectivity index (χ3n) is 4.46. The molecule has 1 N–H and O–H groups in total. The zero-order chi connectivity index (χ0) is 19.0. The summed E-state index contributed by atoms with van der Waals surface area (Å²) in [6, 6.07) is 12.6. The number of nitrogens with zero attached hydrogens (tertiary/aromatic N) is 2. The van der Waals surface area contributed by atoms with Crippen molar-refractivity contribution in [3.8, 4) is 22.9 Å². The van der Waals surface area contributed by atoms with Crippen molar-refractivity contribution < 1.29 is 4.39 Å². The number of aryl methyl sites for hydroxylation is 2. The van der Waals surface area contributed by atoms with Crippen molar-refractivity contribution in [1.29, 1.82) is 0 Å². The van der Waals surface area contributed by atoms with Crippen LogP contribution in [0.4, 0.5) is 10.2 Å². The van der Waals surface area contributed by atoms with Crippen molar-refractivity contribution in [3.63, 3.8) is 0 Å². The van der Waals surface area contributed by atoms with Crippen LogP contribution in [0.5, 0.6) is 0 Å². The number of hydrogen-bond acceptors (Lipinski definition) is 3. The first-order valence-electron chi connectivity index (χ1n) is 8.59. The molecular weight excluding hydrogens is 357 g/mol. The number of imidazole rings is 1. The van der Waals surface area contributed by atoms with Crippen molar-refractivity contribution in [1.82, 2.24) is 9.38 Å². The van der Waals surface area contributed by atoms with Gasteiger partial charge in [0.15, 0.2) is 0 Å². The Morgan fingerprint density at radius 1 is 1.19 bits per heavy atom. The molecule has 1 aromatic carbocycles. The fraction of sp³-hybridized carbons (Fsp3) is 0.136. The van der Waals surface area contributed by atoms with Crippen LogP contribution < -0.4 is 5.32 Å². The Labute approximate surface area is 161 Å². The molecule has 3 nitrogen and oxygen atoms in total. The number of terminal acetylenes is 1. The molecule has 0 saturated carbocycles. The average molecular weight is 375 g/mol. The van der Waals surface area contributed by atoms with Crippen LogP contribution in [0.25, 0.3) is 16.2 Å². The first-order valence-corrected chi connectivity index (χ1v) is 9.47. The van der Waals surface area contributed by atoms with Crippen molar-refractivity contribution in [2.24, 2.45) is 0 Å². The van der Waals surface area contributed by atoms with Crippen molar-refractivity contribution in [3.05, 3.63) is 76.0 Å². The fourth-order valence-electron chi connectivity index (χ4n) is 3.25. The Hall–Kier alpha value is -3.10. The summed E-state index contributed by atoms with van der Waals surface area (Å²) in [6.45, 7) is 4.68. The van der Waals surface area contributed by atoms with Gasteiger partial charge in [-0.1, -0.05) is 18.1 Å². The minimum absolute atomic E-state index is 0.238. The molecule has 4 rings (SSSR count). The number of fused-ring (bicyclic) bond motifs is 1. The summed E-state index contributed by atoms with van der Waals surface area (Å²) in [4.78, 5) is 5.84. The Kier molecular flexibility index (Phi) is 4.43. The van der Waals surface area contributed by atoms with Gasteiger partial charge >= 0.3 is 0 Å². The van der Waals surface area contributed by atoms with Gasteiger partial charge in [0.1, 0.15) is 23.0 Å². The molecule has 3 aromatic heterocycles. The normalized spacial score (nSPS) is 10.9. The second-order valence-electron chi connectivity index (χ2n) is 6.46. The highest BCUT2D eigenvalue weighted by atomic mass is 32.1. The maximum absolute atomic E-state index is 13.2. The van der Waals surface area contributed by atoms with E-state index in [1.54, 1.807) is 23.5 Å². The van der Waals surface area contributed by atoms with Gasteiger partial charge < -0.3 is 5.32 Å². The monoisotopic (exact) mass is 375 g/mol. The van der Waals surface area contributed by atoms with Crippen LogP contribution in [-0.4, -0.2) is 9.38 Å². The lowest BCUT2D eigenvalue weighted by Gasteiger charge is -2.11. The summed E-state index contributed by atoms with van der Waals surface area (Å²) < 4.78 is 15.3. The molecule has 0 unspecified atom stereocenters. The molecule has 0 aliphatic heterocycles. The van der Waals surface area contributed by atoms with E-state index in [9.17, 15) is 4.39 Å². The van der Waals surface area contributed by atoms with Gasteiger partial charge in [0.25, 0.3) is 0 Å². The van der Waals surface area contributed by atoms with E-state index in [1.807, 2.05) is 11.4 Å². The van der Waals surface area contributed by atoms with Gasteiger partial charge in [-0.2, -0.15) is 0 Å². The smallest absolute Gasteiger partial charge is 0.140 e. The Bertz CT molecular complexity index is 1160. The number of halogens is 1. The molecule has 0 aliphatic carbocycles. The zero-order valence-electron chi connectivity index (χ0n) is 15.1. The summed E-state index contributed by atoms with van der Waals surface area (Å²) >= 11 is 1.58. The maximum Gasteiger partial charge on any atom is 0.140 e. The predicted molar refractivity (Wildman–Crippen MR) is 110 cm³/mol. The van der Waals surface area contributed by atoms with Crippen molar-refractivity contribution in [2.75, 3.05) is 5.32 Å². The summed E-state index contributed by atoms with van der Waals surface area (Å²) in [7, 11) is 0. The minimum atomic E-state index is -0.238. The van der Waals surface area contributed by atoms with E-state index in [4.69, 9.17) is 11.4 Å². The van der Waals surface area contributed by atoms with Gasteiger partial charge in [0, 0.05) is 17.8 Å². The molecule has 5 heteroatoms. The van der Waals surface area contributed by atoms with Crippen molar-refractivity contribution in [2.45, 2.75) is 20.4 Å². The Balaban J connectivity index is 1.84. The molecule has 0 amide bonds. The van der Waals surface area contributed by atoms with Crippen LogP contribution in [0.1, 0.15) is 22.4 Å². The topological polar surface area (TPSA) is 29.3 Å². The van der Waals surface area contributed by atoms with Crippen LogP contribution in [0.2, 0.25) is 0 Å². The highest BCUT2D eigenvalue weighted by Crippen LogP contribution is 2.36. The Morgan fingerprint density at radius 2 is 1.96 bits per heavy atom. The zero-order valence-corrected chi connectivity index (χ0v) is 15.9. The van der Waals surface area contributed by atoms with Crippen LogP contribution in [0, 0.1) is 32.0 Å². The quantitative estimate of drug-likeness (QED) is 0.483. The molecule has 27 heavy (non-hydrogen) atoms. The molecule has 0 radical (unpaired) electrons. The van der Waals surface area contributed by atoms with E-state index in [1.165, 1.54) is 12.1 Å². The highest BCUT2D eigenvalue weighted by molar-refractivity contribution is 7.13. The number of benzene rings is 1. The number of nitrogens with one attached hydrogen (secondary N) is 1. The average Bonchev–Trinajstić information content (AvgIpc) is 3.25. The minimum Gasteiger partial charge on any atom is -0.365 e. The lowest BCUT2D eigenvalue weighted by molar-refractivity contribution is 0.627. The molecule has 0 bridgehead atoms. The molecule has 3 heterocycles. The van der Waals surface area contributed by atoms with Gasteiger partial charge in [0.05, 0.1) is 4.88 Å². The SMILES string of the molecule is C#Cc1ccsc1-c1nc2cc(C)cc(C)n2c1NCc1ccc(F)cc1. The molecule has 0 spiro atoms. The van der Waals surface area contributed by atoms with Gasteiger partial charge in [-0.25, -0.2) is 9.37 Å². The third kappa shape index (κ3) is 3.20. The van der Waals surface area contributed by atoms with Gasteiger partial charge in [-0.3, -0.25) is 4.40 Å². The van der Waals surface area contributed by atoms with Crippen LogP contribution in [0.3, 0.4) is 0 Å². The summed E-state index contributed by atoms with van der Waals surface area (Å²) in [6.07, 6.45) is 5.68. The summed E-state index contributed by atoms with van der Waals surface area (Å²) in [5.74, 6) is 3.40. The standard InChI is InChI=1S/C22H18FN3S/c1-4-17-9-10-27-21(17)20-22(24-13-16-5-7-18(23)8-6-16)26-15(3)11-14(2)12-19(26)25-20/h1,5-12,24H,13H2,2-3H3. The second kappa shape index (κ2) is 6.90. The number of aromatic nitrogens is 2. The van der Waals surface area contributed by atoms with E-state index in [0.717, 1.165) is 44.4 Å². The molecule has 0 fully saturated rings. The summed E-state index contributed by atoms with van der Waals surface area (Å²) in [5, 5.41) is 5.47.